The SMILES string of the molecule is COc1ccc2c(CC(=O)Nc3ccnn3C3CCCCC3)coc2c1. The predicted octanol–water partition coefficient (Wildman–Crippen LogP) is 4.32. The van der Waals surface area contributed by atoms with Crippen molar-refractivity contribution in [1.29, 1.82) is 0 Å². The molecule has 0 bridgehead atoms. The maximum absolute atomic E-state index is 12.6. The maximum Gasteiger partial charge on any atom is 0.230 e. The summed E-state index contributed by atoms with van der Waals surface area (Å²) >= 11 is 0. The number of methoxy groups -OCH3 is 1. The minimum absolute atomic E-state index is 0.0684. The number of carbonyl (C=O) groups excluding carboxylic acids is 1. The Bertz CT molecular complexity index is 906. The van der Waals surface area contributed by atoms with E-state index in [0.29, 0.717) is 6.04 Å². The van der Waals surface area contributed by atoms with Crippen molar-refractivity contribution in [2.24, 2.45) is 0 Å². The van der Waals surface area contributed by atoms with Gasteiger partial charge >= 0.3 is 0 Å². The molecular weight excluding hydrogens is 330 g/mol. The number of anilines is 1. The lowest BCUT2D eigenvalue weighted by atomic mass is 9.96. The number of amides is 1. The number of nitrogens with zero attached hydrogens (tertiary/aromatic N) is 2. The van der Waals surface area contributed by atoms with Crippen LogP contribution in [0.5, 0.6) is 5.75 Å². The van der Waals surface area contributed by atoms with E-state index in [1.807, 2.05) is 28.9 Å². The van der Waals surface area contributed by atoms with E-state index in [9.17, 15) is 4.79 Å². The minimum Gasteiger partial charge on any atom is -0.497 e. The van der Waals surface area contributed by atoms with Gasteiger partial charge in [-0.15, -0.1) is 0 Å². The first-order valence-electron chi connectivity index (χ1n) is 9.12. The van der Waals surface area contributed by atoms with E-state index in [4.69, 9.17) is 9.15 Å². The lowest BCUT2D eigenvalue weighted by Gasteiger charge is -2.23. The summed E-state index contributed by atoms with van der Waals surface area (Å²) in [7, 11) is 1.62. The van der Waals surface area contributed by atoms with Crippen molar-refractivity contribution < 1.29 is 13.9 Å². The zero-order chi connectivity index (χ0) is 17.9. The van der Waals surface area contributed by atoms with Crippen molar-refractivity contribution in [2.45, 2.75) is 44.6 Å². The molecule has 1 aliphatic carbocycles. The third-order valence-electron chi connectivity index (χ3n) is 5.07. The summed E-state index contributed by atoms with van der Waals surface area (Å²) in [6.45, 7) is 0. The number of furan rings is 1. The largest absolute Gasteiger partial charge is 0.497 e. The van der Waals surface area contributed by atoms with Crippen LogP contribution in [0.4, 0.5) is 5.82 Å². The van der Waals surface area contributed by atoms with Gasteiger partial charge in [-0.05, 0) is 25.0 Å². The van der Waals surface area contributed by atoms with Gasteiger partial charge in [-0.2, -0.15) is 5.10 Å². The standard InChI is InChI=1S/C20H23N3O3/c1-25-16-7-8-17-14(13-26-18(17)12-16)11-20(24)22-19-9-10-21-23(19)15-5-3-2-4-6-15/h7-10,12-13,15H,2-6,11H2,1H3,(H,22,24). The summed E-state index contributed by atoms with van der Waals surface area (Å²) in [6.07, 6.45) is 9.64. The van der Waals surface area contributed by atoms with Gasteiger partial charge in [0.25, 0.3) is 0 Å². The zero-order valence-electron chi connectivity index (χ0n) is 14.9. The first kappa shape index (κ1) is 16.7. The highest BCUT2D eigenvalue weighted by Crippen LogP contribution is 2.30. The van der Waals surface area contributed by atoms with Crippen molar-refractivity contribution in [3.63, 3.8) is 0 Å². The third kappa shape index (κ3) is 3.31. The highest BCUT2D eigenvalue weighted by atomic mass is 16.5. The topological polar surface area (TPSA) is 69.3 Å². The van der Waals surface area contributed by atoms with E-state index in [2.05, 4.69) is 10.4 Å². The summed E-state index contributed by atoms with van der Waals surface area (Å²) in [4.78, 5) is 12.6. The molecule has 1 N–H and O–H groups in total. The highest BCUT2D eigenvalue weighted by Gasteiger charge is 2.19. The smallest absolute Gasteiger partial charge is 0.230 e. The number of rotatable bonds is 5. The third-order valence-corrected chi connectivity index (χ3v) is 5.07. The van der Waals surface area contributed by atoms with Gasteiger partial charge in [0.15, 0.2) is 0 Å². The fourth-order valence-corrected chi connectivity index (χ4v) is 3.72. The number of hydrogen-bond donors (Lipinski definition) is 1. The maximum atomic E-state index is 12.6. The monoisotopic (exact) mass is 353 g/mol. The Labute approximate surface area is 152 Å². The van der Waals surface area contributed by atoms with Crippen molar-refractivity contribution in [1.82, 2.24) is 9.78 Å². The summed E-state index contributed by atoms with van der Waals surface area (Å²) < 4.78 is 12.7. The molecule has 0 saturated heterocycles. The molecule has 6 heteroatoms. The molecule has 26 heavy (non-hydrogen) atoms. The molecule has 2 aromatic heterocycles. The molecule has 136 valence electrons. The Hall–Kier alpha value is -2.76. The van der Waals surface area contributed by atoms with E-state index >= 15 is 0 Å². The summed E-state index contributed by atoms with van der Waals surface area (Å²) in [5.41, 5.74) is 1.59. The average Bonchev–Trinajstić information content (AvgIpc) is 3.29. The zero-order valence-corrected chi connectivity index (χ0v) is 14.9. The number of hydrogen-bond acceptors (Lipinski definition) is 4. The summed E-state index contributed by atoms with van der Waals surface area (Å²) in [5.74, 6) is 1.44. The van der Waals surface area contributed by atoms with Gasteiger partial charge in [-0.25, -0.2) is 4.68 Å². The van der Waals surface area contributed by atoms with E-state index in [-0.39, 0.29) is 12.3 Å². The van der Waals surface area contributed by atoms with Gasteiger partial charge in [0.2, 0.25) is 5.91 Å². The van der Waals surface area contributed by atoms with Crippen molar-refractivity contribution in [3.8, 4) is 5.75 Å². The Morgan fingerprint density at radius 2 is 2.15 bits per heavy atom. The molecule has 1 saturated carbocycles. The van der Waals surface area contributed by atoms with Crippen LogP contribution in [0, 0.1) is 0 Å². The number of ether oxygens (including phenoxy) is 1. The summed E-state index contributed by atoms with van der Waals surface area (Å²) in [5, 5.41) is 8.37. The second-order valence-electron chi connectivity index (χ2n) is 6.80. The molecule has 1 aromatic carbocycles. The number of nitrogens with one attached hydrogen (secondary N) is 1. The van der Waals surface area contributed by atoms with Crippen LogP contribution in [0.15, 0.2) is 41.1 Å². The molecule has 4 rings (SSSR count). The van der Waals surface area contributed by atoms with Crippen LogP contribution >= 0.6 is 0 Å². The lowest BCUT2D eigenvalue weighted by molar-refractivity contribution is -0.115. The van der Waals surface area contributed by atoms with Crippen LogP contribution in [-0.2, 0) is 11.2 Å². The van der Waals surface area contributed by atoms with E-state index in [0.717, 1.165) is 40.9 Å². The number of carbonyl (C=O) groups is 1. The van der Waals surface area contributed by atoms with Crippen LogP contribution in [0.1, 0.15) is 43.7 Å². The molecule has 0 atom stereocenters. The summed E-state index contributed by atoms with van der Waals surface area (Å²) in [6, 6.07) is 7.88. The lowest BCUT2D eigenvalue weighted by Crippen LogP contribution is -2.21. The number of fused-ring (bicyclic) bond motifs is 1. The van der Waals surface area contributed by atoms with Crippen molar-refractivity contribution in [2.75, 3.05) is 12.4 Å². The molecule has 0 radical (unpaired) electrons. The van der Waals surface area contributed by atoms with Crippen LogP contribution in [0.3, 0.4) is 0 Å². The predicted molar refractivity (Wildman–Crippen MR) is 99.4 cm³/mol. The Morgan fingerprint density at radius 3 is 2.96 bits per heavy atom. The Morgan fingerprint density at radius 1 is 1.31 bits per heavy atom. The average molecular weight is 353 g/mol. The first-order chi connectivity index (χ1) is 12.7. The molecular formula is C20H23N3O3. The van der Waals surface area contributed by atoms with Gasteiger partial charge in [0.1, 0.15) is 17.2 Å². The second-order valence-corrected chi connectivity index (χ2v) is 6.80. The molecule has 0 unspecified atom stereocenters. The van der Waals surface area contributed by atoms with Crippen LogP contribution in [0.2, 0.25) is 0 Å². The molecule has 3 aromatic rings. The second kappa shape index (κ2) is 7.23. The quantitative estimate of drug-likeness (QED) is 0.741. The number of benzene rings is 1. The van der Waals surface area contributed by atoms with Crippen LogP contribution in [-0.4, -0.2) is 22.8 Å². The van der Waals surface area contributed by atoms with Gasteiger partial charge < -0.3 is 14.5 Å². The fraction of sp³-hybridized carbons (Fsp3) is 0.400. The first-order valence-corrected chi connectivity index (χ1v) is 9.12. The molecule has 6 nitrogen and oxygen atoms in total. The number of aromatic nitrogens is 2. The van der Waals surface area contributed by atoms with E-state index in [1.54, 1.807) is 19.6 Å². The van der Waals surface area contributed by atoms with Gasteiger partial charge in [0, 0.05) is 23.1 Å². The van der Waals surface area contributed by atoms with Gasteiger partial charge in [-0.3, -0.25) is 4.79 Å². The normalized spacial score (nSPS) is 15.3. The Kier molecular flexibility index (Phi) is 4.65. The molecule has 1 amide bonds. The highest BCUT2D eigenvalue weighted by molar-refractivity contribution is 5.95. The molecule has 2 heterocycles. The van der Waals surface area contributed by atoms with Crippen LogP contribution < -0.4 is 10.1 Å². The minimum atomic E-state index is -0.0684. The molecule has 0 aliphatic heterocycles. The fourth-order valence-electron chi connectivity index (χ4n) is 3.72. The molecule has 1 aliphatic rings. The molecule has 0 spiro atoms. The van der Waals surface area contributed by atoms with Gasteiger partial charge in [-0.1, -0.05) is 19.3 Å². The van der Waals surface area contributed by atoms with E-state index in [1.165, 1.54) is 19.3 Å². The Balaban J connectivity index is 1.47. The van der Waals surface area contributed by atoms with Crippen LogP contribution in [0.25, 0.3) is 11.0 Å². The van der Waals surface area contributed by atoms with Crippen molar-refractivity contribution >= 4 is 22.7 Å². The molecule has 1 fully saturated rings. The van der Waals surface area contributed by atoms with Gasteiger partial charge in [0.05, 0.1) is 32.0 Å². The van der Waals surface area contributed by atoms with Crippen molar-refractivity contribution in [3.05, 3.63) is 42.3 Å². The van der Waals surface area contributed by atoms with E-state index < -0.39 is 0 Å².